The molecule has 1 rings (SSSR count). The smallest absolute Gasteiger partial charge is 0.242 e. The van der Waals surface area contributed by atoms with Crippen molar-refractivity contribution in [2.45, 2.75) is 72.0 Å². The summed E-state index contributed by atoms with van der Waals surface area (Å²) in [5.74, 6) is 1.10. The van der Waals surface area contributed by atoms with E-state index in [1.807, 2.05) is 6.08 Å². The third-order valence-corrected chi connectivity index (χ3v) is 4.19. The summed E-state index contributed by atoms with van der Waals surface area (Å²) in [6.45, 7) is 24.2. The minimum absolute atomic E-state index is 0.0496. The van der Waals surface area contributed by atoms with Crippen LogP contribution in [-0.4, -0.2) is 8.32 Å². The Kier molecular flexibility index (Phi) is 4.84. The van der Waals surface area contributed by atoms with Gasteiger partial charge in [-0.3, -0.25) is 0 Å². The molecule has 0 saturated carbocycles. The van der Waals surface area contributed by atoms with E-state index in [4.69, 9.17) is 4.43 Å². The Morgan fingerprint density at radius 2 is 1.29 bits per heavy atom. The van der Waals surface area contributed by atoms with E-state index >= 15 is 0 Å². The first-order valence-electron chi connectivity index (χ1n) is 7.76. The standard InChI is InChI=1S/C19H32OSi/c1-11-14-12-15(18(2,3)4)17(20-21(8,9)10)16(13-14)19(5,6)7/h11-13H,1H2,2-10H3. The molecule has 0 spiro atoms. The van der Waals surface area contributed by atoms with Gasteiger partial charge in [-0.15, -0.1) is 0 Å². The third-order valence-electron chi connectivity index (χ3n) is 3.37. The molecule has 1 aromatic rings. The summed E-state index contributed by atoms with van der Waals surface area (Å²) >= 11 is 0. The lowest BCUT2D eigenvalue weighted by Crippen LogP contribution is -2.32. The van der Waals surface area contributed by atoms with Crippen LogP contribution in [0, 0.1) is 0 Å². The molecule has 118 valence electrons. The van der Waals surface area contributed by atoms with Crippen molar-refractivity contribution in [3.63, 3.8) is 0 Å². The van der Waals surface area contributed by atoms with Crippen LogP contribution in [0.1, 0.15) is 58.2 Å². The van der Waals surface area contributed by atoms with Crippen LogP contribution >= 0.6 is 0 Å². The van der Waals surface area contributed by atoms with Crippen molar-refractivity contribution in [3.8, 4) is 5.75 Å². The van der Waals surface area contributed by atoms with E-state index in [0.717, 1.165) is 5.75 Å². The molecule has 21 heavy (non-hydrogen) atoms. The molecule has 0 aromatic heterocycles. The van der Waals surface area contributed by atoms with Crippen molar-refractivity contribution < 1.29 is 4.43 Å². The van der Waals surface area contributed by atoms with Gasteiger partial charge >= 0.3 is 0 Å². The van der Waals surface area contributed by atoms with Gasteiger partial charge in [-0.2, -0.15) is 0 Å². The predicted octanol–water partition coefficient (Wildman–Crippen LogP) is 6.14. The fourth-order valence-corrected chi connectivity index (χ4v) is 3.13. The first kappa shape index (κ1) is 18.0. The quantitative estimate of drug-likeness (QED) is 0.610. The fourth-order valence-electron chi connectivity index (χ4n) is 2.30. The first-order chi connectivity index (χ1) is 9.25. The number of benzene rings is 1. The SMILES string of the molecule is C=Cc1cc(C(C)(C)C)c(O[Si](C)(C)C)c(C(C)(C)C)c1. The number of rotatable bonds is 3. The molecule has 0 bridgehead atoms. The zero-order valence-corrected chi connectivity index (χ0v) is 16.3. The van der Waals surface area contributed by atoms with Crippen LogP contribution in [-0.2, 0) is 10.8 Å². The second-order valence-corrected chi connectivity index (χ2v) is 13.3. The molecular formula is C19H32OSi. The molecule has 1 nitrogen and oxygen atoms in total. The fraction of sp³-hybridized carbons (Fsp3) is 0.579. The third kappa shape index (κ3) is 4.74. The topological polar surface area (TPSA) is 9.23 Å². The van der Waals surface area contributed by atoms with Crippen molar-refractivity contribution >= 4 is 14.4 Å². The lowest BCUT2D eigenvalue weighted by Gasteiger charge is -2.33. The molecule has 0 saturated heterocycles. The van der Waals surface area contributed by atoms with Crippen LogP contribution in [0.25, 0.3) is 6.08 Å². The van der Waals surface area contributed by atoms with Gasteiger partial charge in [0, 0.05) is 0 Å². The van der Waals surface area contributed by atoms with Gasteiger partial charge < -0.3 is 4.43 Å². The lowest BCUT2D eigenvalue weighted by atomic mass is 9.78. The van der Waals surface area contributed by atoms with Crippen molar-refractivity contribution in [2.24, 2.45) is 0 Å². The zero-order chi connectivity index (χ0) is 16.6. The number of hydrogen-bond acceptors (Lipinski definition) is 1. The van der Waals surface area contributed by atoms with Gasteiger partial charge in [0.2, 0.25) is 8.32 Å². The number of hydrogen-bond donors (Lipinski definition) is 0. The maximum Gasteiger partial charge on any atom is 0.242 e. The summed E-state index contributed by atoms with van der Waals surface area (Å²) in [5.41, 5.74) is 3.84. The molecule has 0 amide bonds. The van der Waals surface area contributed by atoms with Gasteiger partial charge in [0.1, 0.15) is 5.75 Å². The molecule has 0 atom stereocenters. The summed E-state index contributed by atoms with van der Waals surface area (Å²) in [6.07, 6.45) is 1.93. The molecule has 1 aromatic carbocycles. The minimum atomic E-state index is -1.67. The summed E-state index contributed by atoms with van der Waals surface area (Å²) in [4.78, 5) is 0. The van der Waals surface area contributed by atoms with E-state index in [2.05, 4.69) is 79.9 Å². The predicted molar refractivity (Wildman–Crippen MR) is 97.9 cm³/mol. The van der Waals surface area contributed by atoms with Crippen LogP contribution in [0.15, 0.2) is 18.7 Å². The molecule has 0 radical (unpaired) electrons. The van der Waals surface area contributed by atoms with Crippen molar-refractivity contribution in [1.29, 1.82) is 0 Å². The van der Waals surface area contributed by atoms with Gasteiger partial charge in [-0.05, 0) is 59.3 Å². The maximum atomic E-state index is 6.52. The Morgan fingerprint density at radius 1 is 0.905 bits per heavy atom. The average Bonchev–Trinajstić information content (AvgIpc) is 2.23. The van der Waals surface area contributed by atoms with E-state index in [9.17, 15) is 0 Å². The second kappa shape index (κ2) is 5.64. The Balaban J connectivity index is 3.72. The highest BCUT2D eigenvalue weighted by Crippen LogP contribution is 2.41. The lowest BCUT2D eigenvalue weighted by molar-refractivity contribution is 0.477. The summed E-state index contributed by atoms with van der Waals surface area (Å²) in [5, 5.41) is 0. The van der Waals surface area contributed by atoms with Crippen molar-refractivity contribution in [1.82, 2.24) is 0 Å². The van der Waals surface area contributed by atoms with E-state index in [0.29, 0.717) is 0 Å². The highest BCUT2D eigenvalue weighted by Gasteiger charge is 2.30. The zero-order valence-electron chi connectivity index (χ0n) is 15.3. The van der Waals surface area contributed by atoms with Crippen LogP contribution in [0.4, 0.5) is 0 Å². The summed E-state index contributed by atoms with van der Waals surface area (Å²) in [7, 11) is -1.67. The largest absolute Gasteiger partial charge is 0.544 e. The first-order valence-corrected chi connectivity index (χ1v) is 11.2. The van der Waals surface area contributed by atoms with E-state index < -0.39 is 8.32 Å². The minimum Gasteiger partial charge on any atom is -0.544 e. The monoisotopic (exact) mass is 304 g/mol. The van der Waals surface area contributed by atoms with Gasteiger partial charge in [0.05, 0.1) is 0 Å². The molecule has 0 heterocycles. The molecule has 0 fully saturated rings. The molecule has 0 N–H and O–H groups in total. The molecule has 0 unspecified atom stereocenters. The van der Waals surface area contributed by atoms with Gasteiger partial charge in [-0.1, -0.05) is 54.2 Å². The second-order valence-electron chi connectivity index (χ2n) is 8.86. The highest BCUT2D eigenvalue weighted by molar-refractivity contribution is 6.70. The van der Waals surface area contributed by atoms with Gasteiger partial charge in [0.25, 0.3) is 0 Å². The molecule has 0 aliphatic heterocycles. The normalized spacial score (nSPS) is 13.2. The Bertz CT molecular complexity index is 487. The molecule has 2 heteroatoms. The average molecular weight is 305 g/mol. The van der Waals surface area contributed by atoms with Crippen LogP contribution in [0.2, 0.25) is 19.6 Å². The maximum absolute atomic E-state index is 6.52. The Morgan fingerprint density at radius 3 is 1.52 bits per heavy atom. The van der Waals surface area contributed by atoms with E-state index in [-0.39, 0.29) is 10.8 Å². The van der Waals surface area contributed by atoms with Crippen LogP contribution < -0.4 is 4.43 Å². The van der Waals surface area contributed by atoms with Crippen molar-refractivity contribution in [3.05, 3.63) is 35.4 Å². The van der Waals surface area contributed by atoms with Crippen LogP contribution in [0.5, 0.6) is 5.75 Å². The van der Waals surface area contributed by atoms with Crippen LogP contribution in [0.3, 0.4) is 0 Å². The molecule has 0 aliphatic carbocycles. The van der Waals surface area contributed by atoms with Crippen molar-refractivity contribution in [2.75, 3.05) is 0 Å². The Hall–Kier alpha value is -1.02. The summed E-state index contributed by atoms with van der Waals surface area (Å²) < 4.78 is 6.52. The van der Waals surface area contributed by atoms with E-state index in [1.165, 1.54) is 16.7 Å². The van der Waals surface area contributed by atoms with Gasteiger partial charge in [0.15, 0.2) is 0 Å². The van der Waals surface area contributed by atoms with E-state index in [1.54, 1.807) is 0 Å². The van der Waals surface area contributed by atoms with Gasteiger partial charge in [-0.25, -0.2) is 0 Å². The molecular weight excluding hydrogens is 272 g/mol. The Labute approximate surface area is 132 Å². The summed E-state index contributed by atoms with van der Waals surface area (Å²) in [6, 6.07) is 4.47. The highest BCUT2D eigenvalue weighted by atomic mass is 28.4. The molecule has 0 aliphatic rings.